The van der Waals surface area contributed by atoms with Crippen molar-refractivity contribution in [1.29, 1.82) is 0 Å². The molecule has 42 heavy (non-hydrogen) atoms. The van der Waals surface area contributed by atoms with E-state index in [1.807, 2.05) is 25.7 Å². The van der Waals surface area contributed by atoms with Crippen molar-refractivity contribution in [1.82, 2.24) is 20.0 Å². The van der Waals surface area contributed by atoms with Gasteiger partial charge in [-0.1, -0.05) is 0 Å². The van der Waals surface area contributed by atoms with E-state index in [-0.39, 0.29) is 30.9 Å². The van der Waals surface area contributed by atoms with Gasteiger partial charge in [0, 0.05) is 44.7 Å². The van der Waals surface area contributed by atoms with Crippen LogP contribution < -0.4 is 15.0 Å². The summed E-state index contributed by atoms with van der Waals surface area (Å²) in [5.74, 6) is 0.687. The van der Waals surface area contributed by atoms with Gasteiger partial charge >= 0.3 is 12.1 Å². The normalized spacial score (nSPS) is 21.7. The molecular weight excluding hydrogens is 538 g/mol. The molecule has 0 bridgehead atoms. The summed E-state index contributed by atoms with van der Waals surface area (Å²) in [5, 5.41) is 2.33. The van der Waals surface area contributed by atoms with Crippen molar-refractivity contribution in [2.75, 3.05) is 64.4 Å². The second-order valence-electron chi connectivity index (χ2n) is 13.3. The molecule has 5 amide bonds. The van der Waals surface area contributed by atoms with Crippen molar-refractivity contribution in [3.8, 4) is 5.75 Å². The molecule has 0 aliphatic carbocycles. The molecule has 5 rings (SSSR count). The zero-order valence-corrected chi connectivity index (χ0v) is 25.4. The number of anilines is 1. The third-order valence-corrected chi connectivity index (χ3v) is 9.26. The predicted octanol–water partition coefficient (Wildman–Crippen LogP) is 3.72. The summed E-state index contributed by atoms with van der Waals surface area (Å²) in [4.78, 5) is 57.4. The Bertz CT molecular complexity index is 1190. The number of carbonyl (C=O) groups excluding carboxylic acids is 4. The van der Waals surface area contributed by atoms with Crippen LogP contribution in [0.15, 0.2) is 18.2 Å². The molecule has 4 aliphatic heterocycles. The lowest BCUT2D eigenvalue weighted by Gasteiger charge is -2.47. The highest BCUT2D eigenvalue weighted by Gasteiger charge is 2.40. The van der Waals surface area contributed by atoms with Crippen molar-refractivity contribution in [3.05, 3.63) is 23.8 Å². The Morgan fingerprint density at radius 3 is 2.26 bits per heavy atom. The number of benzene rings is 1. The summed E-state index contributed by atoms with van der Waals surface area (Å²) in [7, 11) is 1.52. The minimum atomic E-state index is -0.504. The maximum absolute atomic E-state index is 13.5. The standard InChI is InChI=1S/C31H45N5O6/c1-30(2,3)42-29(40)35-20-22(21-35)7-13-33-15-9-31(10-16-33)11-17-34(18-12-31)27(38)23-5-6-25(41-4)24(19-23)36-14-8-26(37)32-28(36)39/h5-6,19,22H,7-18,20-21H2,1-4H3,(H,32,37,39). The molecule has 11 nitrogen and oxygen atoms in total. The van der Waals surface area contributed by atoms with Crippen molar-refractivity contribution in [2.24, 2.45) is 11.3 Å². The number of methoxy groups -OCH3 is 1. The van der Waals surface area contributed by atoms with Crippen LogP contribution in [0.3, 0.4) is 0 Å². The minimum Gasteiger partial charge on any atom is -0.495 e. The van der Waals surface area contributed by atoms with E-state index in [0.717, 1.165) is 77.9 Å². The van der Waals surface area contributed by atoms with E-state index in [2.05, 4.69) is 10.2 Å². The lowest BCUT2D eigenvalue weighted by molar-refractivity contribution is -0.120. The van der Waals surface area contributed by atoms with Crippen molar-refractivity contribution < 1.29 is 28.7 Å². The fourth-order valence-electron chi connectivity index (χ4n) is 6.54. The molecule has 11 heteroatoms. The Kier molecular flexibility index (Phi) is 8.68. The summed E-state index contributed by atoms with van der Waals surface area (Å²) in [5.41, 5.74) is 0.849. The molecule has 4 heterocycles. The first-order valence-corrected chi connectivity index (χ1v) is 15.2. The maximum atomic E-state index is 13.5. The van der Waals surface area contributed by atoms with Crippen LogP contribution in [-0.2, 0) is 9.53 Å². The first-order chi connectivity index (χ1) is 19.9. The van der Waals surface area contributed by atoms with Crippen LogP contribution in [0.2, 0.25) is 0 Å². The van der Waals surface area contributed by atoms with Gasteiger partial charge in [-0.2, -0.15) is 0 Å². The molecule has 4 fully saturated rings. The number of hydrogen-bond acceptors (Lipinski definition) is 7. The first kappa shape index (κ1) is 30.1. The lowest BCUT2D eigenvalue weighted by atomic mass is 9.71. The zero-order valence-electron chi connectivity index (χ0n) is 25.4. The minimum absolute atomic E-state index is 0.0411. The molecule has 1 N–H and O–H groups in total. The van der Waals surface area contributed by atoms with Crippen LogP contribution in [-0.4, -0.2) is 104 Å². The summed E-state index contributed by atoms with van der Waals surface area (Å²) >= 11 is 0. The van der Waals surface area contributed by atoms with Gasteiger partial charge in [0.25, 0.3) is 5.91 Å². The van der Waals surface area contributed by atoms with Crippen molar-refractivity contribution in [2.45, 2.75) is 64.9 Å². The Morgan fingerprint density at radius 2 is 1.64 bits per heavy atom. The first-order valence-electron chi connectivity index (χ1n) is 15.2. The third kappa shape index (κ3) is 6.82. The van der Waals surface area contributed by atoms with Crippen molar-refractivity contribution in [3.63, 3.8) is 0 Å². The smallest absolute Gasteiger partial charge is 0.410 e. The number of urea groups is 1. The summed E-state index contributed by atoms with van der Waals surface area (Å²) in [6.45, 7) is 12.2. The van der Waals surface area contributed by atoms with Gasteiger partial charge in [-0.15, -0.1) is 0 Å². The van der Waals surface area contributed by atoms with E-state index >= 15 is 0 Å². The topological polar surface area (TPSA) is 112 Å². The van der Waals surface area contributed by atoms with Gasteiger partial charge in [-0.3, -0.25) is 19.8 Å². The summed E-state index contributed by atoms with van der Waals surface area (Å²) < 4.78 is 10.9. The Labute approximate surface area is 248 Å². The van der Waals surface area contributed by atoms with E-state index in [1.54, 1.807) is 23.1 Å². The van der Waals surface area contributed by atoms with Crippen LogP contribution in [0.4, 0.5) is 15.3 Å². The lowest BCUT2D eigenvalue weighted by Crippen LogP contribution is -2.53. The molecule has 0 radical (unpaired) electrons. The fraction of sp³-hybridized carbons (Fsp3) is 0.677. The number of amides is 5. The molecule has 4 saturated heterocycles. The van der Waals surface area contributed by atoms with E-state index in [0.29, 0.717) is 28.3 Å². The number of nitrogens with zero attached hydrogens (tertiary/aromatic N) is 4. The van der Waals surface area contributed by atoms with Crippen LogP contribution in [0.25, 0.3) is 0 Å². The van der Waals surface area contributed by atoms with Gasteiger partial charge in [-0.05, 0) is 102 Å². The molecule has 0 unspecified atom stereocenters. The molecule has 1 spiro atoms. The highest BCUT2D eigenvalue weighted by molar-refractivity contribution is 6.07. The van der Waals surface area contributed by atoms with Gasteiger partial charge in [-0.25, -0.2) is 9.59 Å². The highest BCUT2D eigenvalue weighted by Crippen LogP contribution is 2.42. The number of hydrogen-bond donors (Lipinski definition) is 1. The third-order valence-electron chi connectivity index (χ3n) is 9.26. The molecule has 1 aromatic carbocycles. The van der Waals surface area contributed by atoms with E-state index in [1.165, 1.54) is 12.0 Å². The molecule has 0 aromatic heterocycles. The van der Waals surface area contributed by atoms with Gasteiger partial charge in [0.2, 0.25) is 5.91 Å². The SMILES string of the molecule is COc1ccc(C(=O)N2CCC3(CCN(CCC4CN(C(=O)OC(C)(C)C)C4)CC3)CC2)cc1N1CCC(=O)NC1=O. The molecular formula is C31H45N5O6. The largest absolute Gasteiger partial charge is 0.495 e. The summed E-state index contributed by atoms with van der Waals surface area (Å²) in [6.07, 6.45) is 5.40. The number of ether oxygens (including phenoxy) is 2. The fourth-order valence-corrected chi connectivity index (χ4v) is 6.54. The Balaban J connectivity index is 1.07. The number of nitrogens with one attached hydrogen (secondary N) is 1. The second-order valence-corrected chi connectivity index (χ2v) is 13.3. The monoisotopic (exact) mass is 583 g/mol. The molecule has 4 aliphatic rings. The quantitative estimate of drug-likeness (QED) is 0.543. The second kappa shape index (κ2) is 12.1. The molecule has 1 aromatic rings. The maximum Gasteiger partial charge on any atom is 0.410 e. The van der Waals surface area contributed by atoms with Crippen LogP contribution in [0, 0.1) is 11.3 Å². The van der Waals surface area contributed by atoms with Crippen LogP contribution in [0.5, 0.6) is 5.75 Å². The Hall–Kier alpha value is -3.34. The predicted molar refractivity (Wildman–Crippen MR) is 158 cm³/mol. The van der Waals surface area contributed by atoms with Gasteiger partial charge in [0.1, 0.15) is 11.4 Å². The number of piperidine rings is 2. The van der Waals surface area contributed by atoms with Gasteiger partial charge < -0.3 is 24.2 Å². The van der Waals surface area contributed by atoms with Gasteiger partial charge in [0.05, 0.1) is 12.8 Å². The zero-order chi connectivity index (χ0) is 30.1. The van der Waals surface area contributed by atoms with Gasteiger partial charge in [0.15, 0.2) is 0 Å². The van der Waals surface area contributed by atoms with E-state index in [4.69, 9.17) is 9.47 Å². The highest BCUT2D eigenvalue weighted by atomic mass is 16.6. The number of carbonyl (C=O) groups is 4. The average molecular weight is 584 g/mol. The molecule has 0 saturated carbocycles. The molecule has 0 atom stereocenters. The van der Waals surface area contributed by atoms with Crippen molar-refractivity contribution >= 4 is 29.6 Å². The van der Waals surface area contributed by atoms with Crippen LogP contribution >= 0.6 is 0 Å². The summed E-state index contributed by atoms with van der Waals surface area (Å²) in [6, 6.07) is 4.66. The number of likely N-dealkylation sites (tertiary alicyclic amines) is 3. The van der Waals surface area contributed by atoms with E-state index < -0.39 is 11.6 Å². The van der Waals surface area contributed by atoms with E-state index in [9.17, 15) is 19.2 Å². The average Bonchev–Trinajstić information content (AvgIpc) is 2.92. The Morgan fingerprint density at radius 1 is 0.976 bits per heavy atom. The number of imide groups is 1. The molecule has 230 valence electrons. The number of rotatable bonds is 6. The van der Waals surface area contributed by atoms with Crippen LogP contribution in [0.1, 0.15) is 69.7 Å².